The van der Waals surface area contributed by atoms with Crippen LogP contribution in [0.3, 0.4) is 0 Å². The Labute approximate surface area is 129 Å². The van der Waals surface area contributed by atoms with Gasteiger partial charge in [0.2, 0.25) is 0 Å². The Kier molecular flexibility index (Phi) is 4.27. The summed E-state index contributed by atoms with van der Waals surface area (Å²) >= 11 is 11.6. The quantitative estimate of drug-likeness (QED) is 0.828. The maximum absolute atomic E-state index is 13.6. The molecule has 0 bridgehead atoms. The van der Waals surface area contributed by atoms with E-state index in [-0.39, 0.29) is 15.7 Å². The van der Waals surface area contributed by atoms with Crippen LogP contribution >= 0.6 is 23.2 Å². The number of nitrogens with two attached hydrogens (primary N) is 1. The third-order valence-electron chi connectivity index (χ3n) is 2.54. The molecule has 0 radical (unpaired) electrons. The molecule has 0 atom stereocenters. The standard InChI is InChI=1S/C12H8Cl2F2N2O2S/c13-6-2-1-3-10(12(6)14)18-21(19,20)11-5-9(17)7(15)4-8(11)16/h1-5,18H,17H2. The van der Waals surface area contributed by atoms with Crippen molar-refractivity contribution in [3.63, 3.8) is 0 Å². The van der Waals surface area contributed by atoms with Gasteiger partial charge in [0.1, 0.15) is 16.5 Å². The van der Waals surface area contributed by atoms with Crippen molar-refractivity contribution in [1.29, 1.82) is 0 Å². The van der Waals surface area contributed by atoms with E-state index in [4.69, 9.17) is 28.9 Å². The van der Waals surface area contributed by atoms with E-state index in [1.54, 1.807) is 0 Å². The molecule has 0 aliphatic heterocycles. The third-order valence-corrected chi connectivity index (χ3v) is 4.74. The van der Waals surface area contributed by atoms with Crippen molar-refractivity contribution in [2.24, 2.45) is 0 Å². The van der Waals surface area contributed by atoms with Crippen LogP contribution in [-0.4, -0.2) is 8.42 Å². The van der Waals surface area contributed by atoms with Gasteiger partial charge >= 0.3 is 0 Å². The molecular weight excluding hydrogens is 345 g/mol. The van der Waals surface area contributed by atoms with E-state index < -0.39 is 32.2 Å². The lowest BCUT2D eigenvalue weighted by molar-refractivity contribution is 0.553. The minimum Gasteiger partial charge on any atom is -0.396 e. The molecule has 9 heteroatoms. The van der Waals surface area contributed by atoms with Gasteiger partial charge in [0, 0.05) is 6.07 Å². The molecule has 0 spiro atoms. The summed E-state index contributed by atoms with van der Waals surface area (Å²) in [7, 11) is -4.34. The number of rotatable bonds is 3. The number of sulfonamides is 1. The third kappa shape index (κ3) is 3.20. The zero-order chi connectivity index (χ0) is 15.8. The van der Waals surface area contributed by atoms with Crippen LogP contribution in [0.15, 0.2) is 35.2 Å². The number of halogens is 4. The Morgan fingerprint density at radius 3 is 2.43 bits per heavy atom. The summed E-state index contributed by atoms with van der Waals surface area (Å²) in [5.74, 6) is -2.32. The van der Waals surface area contributed by atoms with E-state index in [9.17, 15) is 17.2 Å². The van der Waals surface area contributed by atoms with Crippen molar-refractivity contribution < 1.29 is 17.2 Å². The highest BCUT2D eigenvalue weighted by molar-refractivity contribution is 7.92. The zero-order valence-corrected chi connectivity index (χ0v) is 12.5. The van der Waals surface area contributed by atoms with Gasteiger partial charge in [0.15, 0.2) is 0 Å². The average molecular weight is 353 g/mol. The van der Waals surface area contributed by atoms with E-state index in [2.05, 4.69) is 4.72 Å². The number of anilines is 2. The molecule has 21 heavy (non-hydrogen) atoms. The van der Waals surface area contributed by atoms with Crippen LogP contribution in [0.5, 0.6) is 0 Å². The summed E-state index contributed by atoms with van der Waals surface area (Å²) in [4.78, 5) is -0.794. The van der Waals surface area contributed by atoms with Crippen molar-refractivity contribution in [3.05, 3.63) is 52.0 Å². The minimum atomic E-state index is -4.34. The fraction of sp³-hybridized carbons (Fsp3) is 0. The molecule has 0 aromatic heterocycles. The first-order chi connectivity index (χ1) is 9.72. The fourth-order valence-electron chi connectivity index (χ4n) is 1.53. The summed E-state index contributed by atoms with van der Waals surface area (Å²) in [6, 6.07) is 5.34. The fourth-order valence-corrected chi connectivity index (χ4v) is 3.10. The molecule has 0 heterocycles. The van der Waals surface area contributed by atoms with Crippen LogP contribution in [0, 0.1) is 11.6 Å². The second kappa shape index (κ2) is 5.67. The highest BCUT2D eigenvalue weighted by Crippen LogP contribution is 2.32. The Bertz CT molecular complexity index is 813. The lowest BCUT2D eigenvalue weighted by Crippen LogP contribution is -2.15. The van der Waals surface area contributed by atoms with Gasteiger partial charge in [-0.3, -0.25) is 4.72 Å². The Hall–Kier alpha value is -1.57. The van der Waals surface area contributed by atoms with Crippen molar-refractivity contribution in [2.45, 2.75) is 4.90 Å². The molecule has 3 N–H and O–H groups in total. The average Bonchev–Trinajstić information content (AvgIpc) is 2.39. The molecule has 2 aromatic carbocycles. The van der Waals surface area contributed by atoms with E-state index in [1.807, 2.05) is 0 Å². The predicted molar refractivity (Wildman–Crippen MR) is 78.0 cm³/mol. The lowest BCUT2D eigenvalue weighted by atomic mass is 10.3. The number of nitrogens with one attached hydrogen (secondary N) is 1. The molecule has 2 rings (SSSR count). The monoisotopic (exact) mass is 352 g/mol. The Morgan fingerprint density at radius 2 is 1.76 bits per heavy atom. The van der Waals surface area contributed by atoms with E-state index in [0.717, 1.165) is 0 Å². The SMILES string of the molecule is Nc1cc(S(=O)(=O)Nc2cccc(Cl)c2Cl)c(F)cc1F. The number of benzene rings is 2. The van der Waals surface area contributed by atoms with Gasteiger partial charge < -0.3 is 5.73 Å². The largest absolute Gasteiger partial charge is 0.396 e. The molecule has 0 saturated carbocycles. The van der Waals surface area contributed by atoms with Crippen LogP contribution in [0.2, 0.25) is 10.0 Å². The molecule has 4 nitrogen and oxygen atoms in total. The first kappa shape index (κ1) is 15.8. The van der Waals surface area contributed by atoms with Crippen LogP contribution in [-0.2, 0) is 10.0 Å². The molecule has 0 amide bonds. The highest BCUT2D eigenvalue weighted by atomic mass is 35.5. The van der Waals surface area contributed by atoms with Gasteiger partial charge in [0.05, 0.1) is 21.4 Å². The van der Waals surface area contributed by atoms with Crippen LogP contribution < -0.4 is 10.5 Å². The first-order valence-corrected chi connectivity index (χ1v) is 7.67. The molecular formula is C12H8Cl2F2N2O2S. The molecule has 0 unspecified atom stereocenters. The van der Waals surface area contributed by atoms with Crippen molar-refractivity contribution >= 4 is 44.6 Å². The molecule has 2 aromatic rings. The topological polar surface area (TPSA) is 72.2 Å². The van der Waals surface area contributed by atoms with Crippen LogP contribution in [0.4, 0.5) is 20.2 Å². The summed E-state index contributed by atoms with van der Waals surface area (Å²) in [6.45, 7) is 0. The number of hydrogen-bond donors (Lipinski definition) is 2. The van der Waals surface area contributed by atoms with E-state index >= 15 is 0 Å². The Morgan fingerprint density at radius 1 is 1.10 bits per heavy atom. The van der Waals surface area contributed by atoms with Gasteiger partial charge in [-0.05, 0) is 18.2 Å². The van der Waals surface area contributed by atoms with Crippen LogP contribution in [0.1, 0.15) is 0 Å². The van der Waals surface area contributed by atoms with Gasteiger partial charge in [-0.25, -0.2) is 17.2 Å². The maximum Gasteiger partial charge on any atom is 0.264 e. The van der Waals surface area contributed by atoms with E-state index in [0.29, 0.717) is 12.1 Å². The normalized spacial score (nSPS) is 11.4. The minimum absolute atomic E-state index is 0.0357. The summed E-state index contributed by atoms with van der Waals surface area (Å²) in [5, 5.41) is 0.0780. The zero-order valence-electron chi connectivity index (χ0n) is 10.2. The smallest absolute Gasteiger partial charge is 0.264 e. The summed E-state index contributed by atoms with van der Waals surface area (Å²) in [5.41, 5.74) is 4.73. The summed E-state index contributed by atoms with van der Waals surface area (Å²) < 4.78 is 53.0. The Balaban J connectivity index is 2.48. The first-order valence-electron chi connectivity index (χ1n) is 5.43. The van der Waals surface area contributed by atoms with Crippen LogP contribution in [0.25, 0.3) is 0 Å². The molecule has 0 aliphatic carbocycles. The molecule has 112 valence electrons. The van der Waals surface area contributed by atoms with Crippen molar-refractivity contribution in [1.82, 2.24) is 0 Å². The van der Waals surface area contributed by atoms with Gasteiger partial charge in [-0.15, -0.1) is 0 Å². The van der Waals surface area contributed by atoms with Crippen molar-refractivity contribution in [2.75, 3.05) is 10.5 Å². The lowest BCUT2D eigenvalue weighted by Gasteiger charge is -2.11. The molecule has 0 saturated heterocycles. The number of nitrogen functional groups attached to an aromatic ring is 1. The van der Waals surface area contributed by atoms with E-state index in [1.165, 1.54) is 18.2 Å². The van der Waals surface area contributed by atoms with Gasteiger partial charge in [-0.1, -0.05) is 29.3 Å². The number of hydrogen-bond acceptors (Lipinski definition) is 3. The summed E-state index contributed by atoms with van der Waals surface area (Å²) in [6.07, 6.45) is 0. The second-order valence-corrected chi connectivity index (χ2v) is 6.45. The maximum atomic E-state index is 13.6. The van der Waals surface area contributed by atoms with Crippen molar-refractivity contribution in [3.8, 4) is 0 Å². The highest BCUT2D eigenvalue weighted by Gasteiger charge is 2.22. The van der Waals surface area contributed by atoms with Gasteiger partial charge in [0.25, 0.3) is 10.0 Å². The molecule has 0 aliphatic rings. The molecule has 0 fully saturated rings. The van der Waals surface area contributed by atoms with Gasteiger partial charge in [-0.2, -0.15) is 0 Å². The predicted octanol–water partition coefficient (Wildman–Crippen LogP) is 3.65. The second-order valence-electron chi connectivity index (χ2n) is 4.01.